The summed E-state index contributed by atoms with van der Waals surface area (Å²) in [6, 6.07) is 7.98. The van der Waals surface area contributed by atoms with Crippen molar-refractivity contribution >= 4 is 11.6 Å². The molecule has 0 spiro atoms. The van der Waals surface area contributed by atoms with Crippen LogP contribution in [0.1, 0.15) is 26.7 Å². The van der Waals surface area contributed by atoms with Gasteiger partial charge in [0, 0.05) is 6.04 Å². The van der Waals surface area contributed by atoms with Gasteiger partial charge in [-0.05, 0) is 31.5 Å². The van der Waals surface area contributed by atoms with Crippen LogP contribution in [0, 0.1) is 0 Å². The molecule has 16 heavy (non-hydrogen) atoms. The van der Waals surface area contributed by atoms with Gasteiger partial charge in [0.1, 0.15) is 12.4 Å². The third-order valence-electron chi connectivity index (χ3n) is 2.45. The summed E-state index contributed by atoms with van der Waals surface area (Å²) < 4.78 is 5.69. The largest absolute Gasteiger partial charge is 0.490 e. The molecule has 90 valence electrons. The van der Waals surface area contributed by atoms with Gasteiger partial charge in [-0.1, -0.05) is 37.6 Å². The molecule has 0 bridgehead atoms. The highest BCUT2D eigenvalue weighted by atomic mass is 35.5. The molecule has 0 aliphatic rings. The second-order valence-electron chi connectivity index (χ2n) is 3.80. The molecule has 1 aromatic rings. The monoisotopic (exact) mass is 241 g/mol. The first-order valence-corrected chi connectivity index (χ1v) is 6.26. The highest BCUT2D eigenvalue weighted by molar-refractivity contribution is 6.32. The molecule has 0 fully saturated rings. The molecular formula is C13H20ClNO. The Balaban J connectivity index is 2.40. The molecular weight excluding hydrogens is 222 g/mol. The van der Waals surface area contributed by atoms with E-state index < -0.39 is 0 Å². The lowest BCUT2D eigenvalue weighted by Crippen LogP contribution is -2.34. The number of ether oxygens (including phenoxy) is 1. The summed E-state index contributed by atoms with van der Waals surface area (Å²) in [5, 5.41) is 4.11. The van der Waals surface area contributed by atoms with Gasteiger partial charge in [-0.2, -0.15) is 0 Å². The molecule has 1 N–H and O–H groups in total. The third kappa shape index (κ3) is 4.42. The maximum absolute atomic E-state index is 6.01. The number of para-hydroxylation sites is 1. The number of rotatable bonds is 7. The molecule has 0 heterocycles. The Kier molecular flexibility index (Phi) is 6.27. The zero-order valence-corrected chi connectivity index (χ0v) is 10.8. The lowest BCUT2D eigenvalue weighted by atomic mass is 10.2. The fraction of sp³-hybridized carbons (Fsp3) is 0.538. The van der Waals surface area contributed by atoms with Gasteiger partial charge in [-0.25, -0.2) is 0 Å². The van der Waals surface area contributed by atoms with E-state index >= 15 is 0 Å². The highest BCUT2D eigenvalue weighted by Crippen LogP contribution is 2.23. The van der Waals surface area contributed by atoms with Crippen molar-refractivity contribution in [2.75, 3.05) is 13.2 Å². The summed E-state index contributed by atoms with van der Waals surface area (Å²) in [5.41, 5.74) is 0. The van der Waals surface area contributed by atoms with Crippen molar-refractivity contribution in [3.8, 4) is 5.75 Å². The van der Waals surface area contributed by atoms with E-state index in [2.05, 4.69) is 19.2 Å². The normalized spacial score (nSPS) is 12.4. The van der Waals surface area contributed by atoms with Crippen LogP contribution in [0.5, 0.6) is 5.75 Å². The van der Waals surface area contributed by atoms with Crippen molar-refractivity contribution < 1.29 is 4.74 Å². The summed E-state index contributed by atoms with van der Waals surface area (Å²) >= 11 is 6.01. The summed E-state index contributed by atoms with van der Waals surface area (Å²) in [6.07, 6.45) is 2.20. The first-order valence-electron chi connectivity index (χ1n) is 5.88. The van der Waals surface area contributed by atoms with Crippen LogP contribution in [0.15, 0.2) is 24.3 Å². The highest BCUT2D eigenvalue weighted by Gasteiger charge is 2.07. The maximum atomic E-state index is 6.01. The van der Waals surface area contributed by atoms with Crippen LogP contribution < -0.4 is 10.1 Å². The minimum absolute atomic E-state index is 0.399. The summed E-state index contributed by atoms with van der Waals surface area (Å²) in [5.74, 6) is 0.765. The predicted octanol–water partition coefficient (Wildman–Crippen LogP) is 3.50. The maximum Gasteiger partial charge on any atom is 0.137 e. The van der Waals surface area contributed by atoms with Gasteiger partial charge < -0.3 is 10.1 Å². The molecule has 3 heteroatoms. The molecule has 0 aliphatic heterocycles. The molecule has 0 saturated heterocycles. The number of benzene rings is 1. The number of hydrogen-bond donors (Lipinski definition) is 1. The van der Waals surface area contributed by atoms with E-state index in [0.717, 1.165) is 25.1 Å². The van der Waals surface area contributed by atoms with Crippen LogP contribution in [0.25, 0.3) is 0 Å². The van der Waals surface area contributed by atoms with Crippen LogP contribution in [0.4, 0.5) is 0 Å². The predicted molar refractivity (Wildman–Crippen MR) is 69.3 cm³/mol. The van der Waals surface area contributed by atoms with Crippen molar-refractivity contribution in [2.45, 2.75) is 32.7 Å². The molecule has 2 nitrogen and oxygen atoms in total. The lowest BCUT2D eigenvalue weighted by molar-refractivity contribution is 0.260. The Morgan fingerprint density at radius 3 is 2.69 bits per heavy atom. The van der Waals surface area contributed by atoms with Crippen LogP contribution >= 0.6 is 11.6 Å². The van der Waals surface area contributed by atoms with Gasteiger partial charge >= 0.3 is 0 Å². The van der Waals surface area contributed by atoms with E-state index in [1.165, 1.54) is 0 Å². The average molecular weight is 242 g/mol. The van der Waals surface area contributed by atoms with E-state index in [-0.39, 0.29) is 0 Å². The van der Waals surface area contributed by atoms with Crippen molar-refractivity contribution in [2.24, 2.45) is 0 Å². The molecule has 0 aromatic heterocycles. The molecule has 1 aromatic carbocycles. The molecule has 0 aliphatic carbocycles. The number of hydrogen-bond acceptors (Lipinski definition) is 2. The second kappa shape index (κ2) is 7.53. The van der Waals surface area contributed by atoms with E-state index in [0.29, 0.717) is 17.7 Å². The Morgan fingerprint density at radius 1 is 1.31 bits per heavy atom. The molecule has 0 saturated carbocycles. The summed E-state index contributed by atoms with van der Waals surface area (Å²) in [6.45, 7) is 6.02. The Morgan fingerprint density at radius 2 is 2.06 bits per heavy atom. The standard InChI is InChI=1S/C13H20ClNO/c1-3-9-15-11(4-2)10-16-13-8-6-5-7-12(13)14/h5-8,11,15H,3-4,9-10H2,1-2H3. The van der Waals surface area contributed by atoms with Crippen LogP contribution in [0.3, 0.4) is 0 Å². The van der Waals surface area contributed by atoms with Crippen LogP contribution in [-0.2, 0) is 0 Å². The summed E-state index contributed by atoms with van der Waals surface area (Å²) in [4.78, 5) is 0. The zero-order valence-electron chi connectivity index (χ0n) is 10.0. The quantitative estimate of drug-likeness (QED) is 0.789. The Hall–Kier alpha value is -0.730. The molecule has 1 rings (SSSR count). The van der Waals surface area contributed by atoms with Crippen LogP contribution in [0.2, 0.25) is 5.02 Å². The first-order chi connectivity index (χ1) is 7.77. The second-order valence-corrected chi connectivity index (χ2v) is 4.21. The smallest absolute Gasteiger partial charge is 0.137 e. The topological polar surface area (TPSA) is 21.3 Å². The third-order valence-corrected chi connectivity index (χ3v) is 2.76. The minimum atomic E-state index is 0.399. The van der Waals surface area contributed by atoms with Gasteiger partial charge in [0.15, 0.2) is 0 Å². The van der Waals surface area contributed by atoms with E-state index in [1.807, 2.05) is 24.3 Å². The zero-order chi connectivity index (χ0) is 11.8. The minimum Gasteiger partial charge on any atom is -0.490 e. The number of halogens is 1. The van der Waals surface area contributed by atoms with Crippen molar-refractivity contribution in [1.82, 2.24) is 5.32 Å². The van der Waals surface area contributed by atoms with E-state index in [4.69, 9.17) is 16.3 Å². The summed E-state index contributed by atoms with van der Waals surface area (Å²) in [7, 11) is 0. The fourth-order valence-electron chi connectivity index (χ4n) is 1.42. The van der Waals surface area contributed by atoms with E-state index in [9.17, 15) is 0 Å². The van der Waals surface area contributed by atoms with E-state index in [1.54, 1.807) is 0 Å². The van der Waals surface area contributed by atoms with Gasteiger partial charge in [0.2, 0.25) is 0 Å². The van der Waals surface area contributed by atoms with Gasteiger partial charge in [-0.3, -0.25) is 0 Å². The van der Waals surface area contributed by atoms with Gasteiger partial charge in [0.25, 0.3) is 0 Å². The van der Waals surface area contributed by atoms with Crippen molar-refractivity contribution in [3.05, 3.63) is 29.3 Å². The molecule has 1 atom stereocenters. The SMILES string of the molecule is CCCNC(CC)COc1ccccc1Cl. The molecule has 0 amide bonds. The molecule has 1 unspecified atom stereocenters. The van der Waals surface area contributed by atoms with Crippen molar-refractivity contribution in [1.29, 1.82) is 0 Å². The molecule has 0 radical (unpaired) electrons. The van der Waals surface area contributed by atoms with Crippen molar-refractivity contribution in [3.63, 3.8) is 0 Å². The first kappa shape index (κ1) is 13.3. The fourth-order valence-corrected chi connectivity index (χ4v) is 1.61. The Bertz CT molecular complexity index is 304. The Labute approximate surface area is 103 Å². The average Bonchev–Trinajstić information content (AvgIpc) is 2.31. The lowest BCUT2D eigenvalue weighted by Gasteiger charge is -2.17. The van der Waals surface area contributed by atoms with Gasteiger partial charge in [-0.15, -0.1) is 0 Å². The van der Waals surface area contributed by atoms with Crippen LogP contribution in [-0.4, -0.2) is 19.2 Å². The van der Waals surface area contributed by atoms with Gasteiger partial charge in [0.05, 0.1) is 5.02 Å². The number of nitrogens with one attached hydrogen (secondary N) is 1.